The van der Waals surface area contributed by atoms with E-state index < -0.39 is 8.40 Å². The van der Waals surface area contributed by atoms with Crippen molar-refractivity contribution in [3.05, 3.63) is 0 Å². The van der Waals surface area contributed by atoms with Crippen molar-refractivity contribution in [1.29, 1.82) is 0 Å². The Bertz CT molecular complexity index is 219. The van der Waals surface area contributed by atoms with Gasteiger partial charge in [0.15, 0.2) is 0 Å². The minimum Gasteiger partial charge on any atom is -0.317 e. The van der Waals surface area contributed by atoms with Crippen LogP contribution in [0.4, 0.5) is 0 Å². The van der Waals surface area contributed by atoms with Crippen LogP contribution in [0.15, 0.2) is 0 Å². The summed E-state index contributed by atoms with van der Waals surface area (Å²) in [6.45, 7) is 19.1. The number of nitrogens with zero attached hydrogens (tertiary/aromatic N) is 2. The average molecular weight is 259 g/mol. The van der Waals surface area contributed by atoms with Gasteiger partial charge in [0.2, 0.25) is 8.40 Å². The van der Waals surface area contributed by atoms with Gasteiger partial charge < -0.3 is 9.13 Å². The third-order valence-corrected chi connectivity index (χ3v) is 11.3. The number of hydrogen-bond acceptors (Lipinski definition) is 2. The lowest BCUT2D eigenvalue weighted by atomic mass is 10.2. The lowest BCUT2D eigenvalue weighted by molar-refractivity contribution is 0.342. The molecule has 2 atom stereocenters. The van der Waals surface area contributed by atoms with E-state index >= 15 is 0 Å². The van der Waals surface area contributed by atoms with Gasteiger partial charge in [-0.25, -0.2) is 0 Å². The van der Waals surface area contributed by atoms with Crippen LogP contribution in [0, 0.1) is 0 Å². The lowest BCUT2D eigenvalue weighted by Crippen LogP contribution is -2.70. The normalized spacial score (nSPS) is 18.5. The van der Waals surface area contributed by atoms with Crippen LogP contribution in [0.1, 0.15) is 54.9 Å². The highest BCUT2D eigenvalue weighted by Crippen LogP contribution is 2.47. The maximum absolute atomic E-state index is 2.77. The molecule has 2 nitrogen and oxygen atoms in total. The summed E-state index contributed by atoms with van der Waals surface area (Å²) in [4.78, 5) is 0. The molecule has 0 amide bonds. The molecule has 0 rings (SSSR count). The molecule has 0 aromatic carbocycles. The van der Waals surface area contributed by atoms with E-state index in [9.17, 15) is 0 Å². The van der Waals surface area contributed by atoms with E-state index in [2.05, 4.69) is 71.7 Å². The summed E-state index contributed by atoms with van der Waals surface area (Å²) < 4.78 is 5.34. The van der Waals surface area contributed by atoms with Gasteiger partial charge in [-0.1, -0.05) is 54.9 Å². The zero-order chi connectivity index (χ0) is 13.9. The molecule has 0 aromatic rings. The van der Waals surface area contributed by atoms with E-state index in [1.165, 1.54) is 19.5 Å². The van der Waals surface area contributed by atoms with Crippen molar-refractivity contribution >= 4 is 8.40 Å². The predicted molar refractivity (Wildman–Crippen MR) is 81.8 cm³/mol. The molecule has 3 heteroatoms. The van der Waals surface area contributed by atoms with E-state index in [-0.39, 0.29) is 0 Å². The standard InChI is InChI=1S/C14H34N2Si/c1-10-13(4)17(15(8)9,14(5,6)7)16(11-2)12-3/h13H,10-12H2,1-9H3. The lowest BCUT2D eigenvalue weighted by Gasteiger charge is -2.56. The molecule has 0 aliphatic carbocycles. The highest BCUT2D eigenvalue weighted by Gasteiger charge is 2.54. The first-order chi connectivity index (χ1) is 7.69. The third kappa shape index (κ3) is 2.94. The van der Waals surface area contributed by atoms with Crippen LogP contribution in [0.25, 0.3) is 0 Å². The molecule has 0 spiro atoms. The van der Waals surface area contributed by atoms with Gasteiger partial charge in [-0.05, 0) is 37.8 Å². The molecule has 2 unspecified atom stereocenters. The van der Waals surface area contributed by atoms with E-state index in [0.717, 1.165) is 5.54 Å². The largest absolute Gasteiger partial charge is 0.317 e. The summed E-state index contributed by atoms with van der Waals surface area (Å²) in [5, 5.41) is 0.373. The van der Waals surface area contributed by atoms with Crippen LogP contribution in [-0.2, 0) is 0 Å². The van der Waals surface area contributed by atoms with Gasteiger partial charge in [-0.15, -0.1) is 0 Å². The van der Waals surface area contributed by atoms with Crippen molar-refractivity contribution in [2.45, 2.75) is 65.5 Å². The van der Waals surface area contributed by atoms with Crippen LogP contribution >= 0.6 is 0 Å². The first-order valence-corrected chi connectivity index (χ1v) is 9.09. The minimum atomic E-state index is -1.64. The van der Waals surface area contributed by atoms with Crippen LogP contribution in [-0.4, -0.2) is 44.7 Å². The van der Waals surface area contributed by atoms with E-state index in [1.54, 1.807) is 0 Å². The highest BCUT2D eigenvalue weighted by atomic mass is 28.4. The molecule has 0 aromatic heterocycles. The van der Waals surface area contributed by atoms with Crippen LogP contribution in [0.5, 0.6) is 0 Å². The smallest absolute Gasteiger partial charge is 0.214 e. The second kappa shape index (κ2) is 6.35. The zero-order valence-corrected chi connectivity index (χ0v) is 14.6. The Balaban J connectivity index is 5.73. The van der Waals surface area contributed by atoms with Gasteiger partial charge in [-0.3, -0.25) is 0 Å². The van der Waals surface area contributed by atoms with Gasteiger partial charge in [0.1, 0.15) is 0 Å². The molecule has 0 fully saturated rings. The van der Waals surface area contributed by atoms with Gasteiger partial charge in [0.05, 0.1) is 0 Å². The van der Waals surface area contributed by atoms with Crippen molar-refractivity contribution < 1.29 is 0 Å². The molecule has 0 heterocycles. The van der Waals surface area contributed by atoms with Crippen LogP contribution in [0.3, 0.4) is 0 Å². The Morgan fingerprint density at radius 2 is 1.41 bits per heavy atom. The fourth-order valence-corrected chi connectivity index (χ4v) is 11.3. The molecule has 0 bridgehead atoms. The van der Waals surface area contributed by atoms with Crippen molar-refractivity contribution in [1.82, 2.24) is 9.13 Å². The summed E-state index contributed by atoms with van der Waals surface area (Å²) in [5.74, 6) is 0. The first-order valence-electron chi connectivity index (χ1n) is 7.12. The summed E-state index contributed by atoms with van der Waals surface area (Å²) in [6.07, 6.45) is 1.28. The molecule has 0 aliphatic heterocycles. The zero-order valence-electron chi connectivity index (χ0n) is 13.6. The Labute approximate surface area is 111 Å². The van der Waals surface area contributed by atoms with Crippen molar-refractivity contribution in [2.75, 3.05) is 27.2 Å². The molecular weight excluding hydrogens is 224 g/mol. The second-order valence-electron chi connectivity index (χ2n) is 6.35. The molecule has 104 valence electrons. The molecule has 0 saturated carbocycles. The van der Waals surface area contributed by atoms with Gasteiger partial charge in [0.25, 0.3) is 0 Å². The van der Waals surface area contributed by atoms with Gasteiger partial charge in [-0.2, -0.15) is 0 Å². The molecule has 0 aliphatic rings. The second-order valence-corrected chi connectivity index (χ2v) is 11.8. The monoisotopic (exact) mass is 258 g/mol. The molecule has 0 radical (unpaired) electrons. The van der Waals surface area contributed by atoms with E-state index in [1.807, 2.05) is 0 Å². The van der Waals surface area contributed by atoms with Gasteiger partial charge >= 0.3 is 0 Å². The molecule has 0 saturated heterocycles. The third-order valence-electron chi connectivity index (χ3n) is 4.33. The topological polar surface area (TPSA) is 6.48 Å². The first kappa shape index (κ1) is 17.1. The Morgan fingerprint density at radius 3 is 1.59 bits per heavy atom. The molecule has 17 heavy (non-hydrogen) atoms. The summed E-state index contributed by atoms with van der Waals surface area (Å²) in [6, 6.07) is 0. The maximum atomic E-state index is 2.77. The van der Waals surface area contributed by atoms with Crippen molar-refractivity contribution in [2.24, 2.45) is 0 Å². The van der Waals surface area contributed by atoms with Crippen LogP contribution in [0.2, 0.25) is 10.6 Å². The number of rotatable bonds is 6. The summed E-state index contributed by atoms with van der Waals surface area (Å²) in [7, 11) is 2.95. The van der Waals surface area contributed by atoms with Gasteiger partial charge in [0, 0.05) is 0 Å². The van der Waals surface area contributed by atoms with E-state index in [0.29, 0.717) is 5.04 Å². The Morgan fingerprint density at radius 1 is 1.00 bits per heavy atom. The number of hydrogen-bond donors (Lipinski definition) is 0. The maximum Gasteiger partial charge on any atom is 0.214 e. The fraction of sp³-hybridized carbons (Fsp3) is 1.00. The van der Waals surface area contributed by atoms with Crippen LogP contribution < -0.4 is 0 Å². The summed E-state index contributed by atoms with van der Waals surface area (Å²) in [5.41, 5.74) is 0.789. The van der Waals surface area contributed by atoms with Crippen molar-refractivity contribution in [3.63, 3.8) is 0 Å². The van der Waals surface area contributed by atoms with Crippen molar-refractivity contribution in [3.8, 4) is 0 Å². The minimum absolute atomic E-state index is 0.373. The quantitative estimate of drug-likeness (QED) is 0.666. The molecule has 0 N–H and O–H groups in total. The SMILES string of the molecule is CCC(C)[Si](N(C)C)(N(CC)CC)C(C)(C)C. The average Bonchev–Trinajstić information content (AvgIpc) is 2.22. The molecular formula is C14H34N2Si. The highest BCUT2D eigenvalue weighted by molar-refractivity contribution is 6.78. The van der Waals surface area contributed by atoms with E-state index in [4.69, 9.17) is 0 Å². The Kier molecular flexibility index (Phi) is 6.40. The Hall–Kier alpha value is 0.137. The fourth-order valence-electron chi connectivity index (χ4n) is 3.91. The predicted octanol–water partition coefficient (Wildman–Crippen LogP) is 3.93. The summed E-state index contributed by atoms with van der Waals surface area (Å²) >= 11 is 0.